The summed E-state index contributed by atoms with van der Waals surface area (Å²) in [5, 5.41) is 0.590. The van der Waals surface area contributed by atoms with Gasteiger partial charge >= 0.3 is 5.97 Å². The predicted octanol–water partition coefficient (Wildman–Crippen LogP) is 4.98. The van der Waals surface area contributed by atoms with Gasteiger partial charge < -0.3 is 9.47 Å². The predicted molar refractivity (Wildman–Crippen MR) is 114 cm³/mol. The van der Waals surface area contributed by atoms with Gasteiger partial charge in [0.1, 0.15) is 0 Å². The number of esters is 1. The Labute approximate surface area is 175 Å². The van der Waals surface area contributed by atoms with Crippen molar-refractivity contribution in [2.75, 3.05) is 7.11 Å². The topological polar surface area (TPSA) is 57.5 Å². The lowest BCUT2D eigenvalue weighted by molar-refractivity contribution is -0.147. The zero-order chi connectivity index (χ0) is 22.0. The fourth-order valence-electron chi connectivity index (χ4n) is 3.44. The number of fused-ring (bicyclic) bond motifs is 1. The smallest absolute Gasteiger partial charge is 0.310 e. The van der Waals surface area contributed by atoms with E-state index < -0.39 is 11.8 Å². The van der Waals surface area contributed by atoms with Crippen LogP contribution < -0.4 is 4.74 Å². The van der Waals surface area contributed by atoms with Crippen LogP contribution in [0.4, 0.5) is 4.39 Å². The zero-order valence-electron chi connectivity index (χ0n) is 17.9. The Bertz CT molecular complexity index is 1100. The summed E-state index contributed by atoms with van der Waals surface area (Å²) in [7, 11) is 1.38. The molecule has 0 aliphatic rings. The zero-order valence-corrected chi connectivity index (χ0v) is 17.9. The van der Waals surface area contributed by atoms with Crippen LogP contribution in [0.25, 0.3) is 10.9 Å². The van der Waals surface area contributed by atoms with Crippen molar-refractivity contribution in [3.63, 3.8) is 0 Å². The molecule has 0 unspecified atom stereocenters. The van der Waals surface area contributed by atoms with Crippen molar-refractivity contribution in [3.05, 3.63) is 64.6 Å². The Morgan fingerprint density at radius 1 is 1.13 bits per heavy atom. The van der Waals surface area contributed by atoms with Crippen molar-refractivity contribution in [1.82, 2.24) is 4.57 Å². The SMILES string of the molecule is CC[C@@H](C)OC(=O)Cc1c(C)n(C(=O)c2ccc(C)cc2)c2cc(F)c(OC)cc12. The highest BCUT2D eigenvalue weighted by atomic mass is 19.1. The third kappa shape index (κ3) is 4.08. The summed E-state index contributed by atoms with van der Waals surface area (Å²) >= 11 is 0. The highest BCUT2D eigenvalue weighted by molar-refractivity contribution is 6.05. The molecule has 0 fully saturated rings. The minimum Gasteiger partial charge on any atom is -0.494 e. The van der Waals surface area contributed by atoms with Crippen molar-refractivity contribution in [3.8, 4) is 5.75 Å². The van der Waals surface area contributed by atoms with E-state index in [4.69, 9.17) is 9.47 Å². The van der Waals surface area contributed by atoms with Crippen LogP contribution in [0, 0.1) is 19.7 Å². The first-order valence-corrected chi connectivity index (χ1v) is 9.95. The number of hydrogen-bond donors (Lipinski definition) is 0. The molecule has 0 aliphatic heterocycles. The first-order chi connectivity index (χ1) is 14.3. The average molecular weight is 411 g/mol. The minimum absolute atomic E-state index is 0.0182. The third-order valence-electron chi connectivity index (χ3n) is 5.34. The number of carbonyl (C=O) groups excluding carboxylic acids is 2. The number of hydrogen-bond acceptors (Lipinski definition) is 4. The lowest BCUT2D eigenvalue weighted by Gasteiger charge is -2.11. The molecule has 158 valence electrons. The standard InChI is InChI=1S/C24H26FNO4/c1-6-15(3)30-23(27)12-18-16(4)26(24(28)17-9-7-14(2)8-10-17)21-13-20(25)22(29-5)11-19(18)21/h7-11,13,15H,6,12H2,1-5H3/t15-/m1/s1. The van der Waals surface area contributed by atoms with Crippen molar-refractivity contribution < 1.29 is 23.5 Å². The van der Waals surface area contributed by atoms with E-state index in [1.807, 2.05) is 32.9 Å². The van der Waals surface area contributed by atoms with Gasteiger partial charge in [0.15, 0.2) is 11.6 Å². The molecule has 3 aromatic rings. The van der Waals surface area contributed by atoms with Gasteiger partial charge in [-0.3, -0.25) is 14.2 Å². The summed E-state index contributed by atoms with van der Waals surface area (Å²) in [5.41, 5.74) is 3.10. The number of aromatic nitrogens is 1. The highest BCUT2D eigenvalue weighted by Gasteiger charge is 2.24. The van der Waals surface area contributed by atoms with Gasteiger partial charge in [-0.15, -0.1) is 0 Å². The first-order valence-electron chi connectivity index (χ1n) is 9.95. The number of halogens is 1. The molecule has 5 nitrogen and oxygen atoms in total. The van der Waals surface area contributed by atoms with Crippen LogP contribution in [-0.2, 0) is 16.0 Å². The number of carbonyl (C=O) groups is 2. The van der Waals surface area contributed by atoms with Gasteiger partial charge in [-0.2, -0.15) is 0 Å². The molecule has 1 heterocycles. The molecule has 0 spiro atoms. The van der Waals surface area contributed by atoms with Crippen LogP contribution in [0.3, 0.4) is 0 Å². The molecule has 0 bridgehead atoms. The van der Waals surface area contributed by atoms with Crippen LogP contribution in [-0.4, -0.2) is 29.7 Å². The first kappa shape index (κ1) is 21.6. The molecule has 30 heavy (non-hydrogen) atoms. The Kier molecular flexibility index (Phi) is 6.25. The van der Waals surface area contributed by atoms with E-state index in [1.54, 1.807) is 19.1 Å². The van der Waals surface area contributed by atoms with E-state index in [2.05, 4.69) is 0 Å². The van der Waals surface area contributed by atoms with Gasteiger partial charge in [0, 0.05) is 22.7 Å². The van der Waals surface area contributed by atoms with E-state index in [1.165, 1.54) is 23.8 Å². The summed E-state index contributed by atoms with van der Waals surface area (Å²) in [5.74, 6) is -1.20. The molecule has 1 aromatic heterocycles. The summed E-state index contributed by atoms with van der Waals surface area (Å²) < 4.78 is 26.5. The summed E-state index contributed by atoms with van der Waals surface area (Å²) in [6, 6.07) is 9.98. The Morgan fingerprint density at radius 2 is 1.80 bits per heavy atom. The van der Waals surface area contributed by atoms with Gasteiger partial charge in [-0.25, -0.2) is 4.39 Å². The number of benzene rings is 2. The normalized spacial score (nSPS) is 12.1. The van der Waals surface area contributed by atoms with Crippen LogP contribution >= 0.6 is 0 Å². The molecule has 0 radical (unpaired) electrons. The average Bonchev–Trinajstić information content (AvgIpc) is 2.97. The lowest BCUT2D eigenvalue weighted by atomic mass is 10.1. The number of nitrogens with zero attached hydrogens (tertiary/aromatic N) is 1. The second-order valence-corrected chi connectivity index (χ2v) is 7.46. The maximum atomic E-state index is 14.5. The minimum atomic E-state index is -0.575. The quantitative estimate of drug-likeness (QED) is 0.537. The molecule has 0 saturated heterocycles. The third-order valence-corrected chi connectivity index (χ3v) is 5.34. The van der Waals surface area contributed by atoms with Crippen LogP contribution in [0.5, 0.6) is 5.75 Å². The number of ether oxygens (including phenoxy) is 2. The molecular formula is C24H26FNO4. The van der Waals surface area contributed by atoms with E-state index >= 15 is 0 Å². The maximum Gasteiger partial charge on any atom is 0.310 e. The van der Waals surface area contributed by atoms with E-state index in [0.717, 1.165) is 5.56 Å². The van der Waals surface area contributed by atoms with Crippen molar-refractivity contribution in [2.45, 2.75) is 46.6 Å². The fraction of sp³-hybridized carbons (Fsp3) is 0.333. The van der Waals surface area contributed by atoms with Gasteiger partial charge in [-0.1, -0.05) is 24.6 Å². The molecule has 0 N–H and O–H groups in total. The number of methoxy groups -OCH3 is 1. The molecular weight excluding hydrogens is 385 g/mol. The number of rotatable bonds is 6. The Hall–Kier alpha value is -3.15. The largest absolute Gasteiger partial charge is 0.494 e. The van der Waals surface area contributed by atoms with Crippen molar-refractivity contribution in [2.24, 2.45) is 0 Å². The van der Waals surface area contributed by atoms with Crippen molar-refractivity contribution in [1.29, 1.82) is 0 Å². The fourth-order valence-corrected chi connectivity index (χ4v) is 3.44. The van der Waals surface area contributed by atoms with E-state index in [0.29, 0.717) is 34.1 Å². The van der Waals surface area contributed by atoms with Gasteiger partial charge in [0.25, 0.3) is 5.91 Å². The van der Waals surface area contributed by atoms with Gasteiger partial charge in [-0.05, 0) is 51.0 Å². The van der Waals surface area contributed by atoms with Gasteiger partial charge in [0.05, 0.1) is 25.2 Å². The molecule has 1 atom stereocenters. The Balaban J connectivity index is 2.16. The van der Waals surface area contributed by atoms with E-state index in [9.17, 15) is 14.0 Å². The summed E-state index contributed by atoms with van der Waals surface area (Å²) in [4.78, 5) is 25.7. The second-order valence-electron chi connectivity index (χ2n) is 7.46. The molecule has 3 rings (SSSR count). The number of aryl methyl sites for hydroxylation is 1. The molecule has 2 aromatic carbocycles. The lowest BCUT2D eigenvalue weighted by Crippen LogP contribution is -2.17. The molecule has 0 aliphatic carbocycles. The monoisotopic (exact) mass is 411 g/mol. The van der Waals surface area contributed by atoms with Crippen LogP contribution in [0.15, 0.2) is 36.4 Å². The van der Waals surface area contributed by atoms with Crippen molar-refractivity contribution >= 4 is 22.8 Å². The molecule has 6 heteroatoms. The summed E-state index contributed by atoms with van der Waals surface area (Å²) in [6.07, 6.45) is 0.486. The van der Waals surface area contributed by atoms with Crippen LogP contribution in [0.1, 0.15) is 47.4 Å². The highest BCUT2D eigenvalue weighted by Crippen LogP contribution is 2.32. The maximum absolute atomic E-state index is 14.5. The second kappa shape index (κ2) is 8.69. The summed E-state index contributed by atoms with van der Waals surface area (Å²) in [6.45, 7) is 7.45. The van der Waals surface area contributed by atoms with Crippen LogP contribution in [0.2, 0.25) is 0 Å². The van der Waals surface area contributed by atoms with E-state index in [-0.39, 0.29) is 24.2 Å². The Morgan fingerprint density at radius 3 is 2.40 bits per heavy atom. The molecule has 0 amide bonds. The van der Waals surface area contributed by atoms with Gasteiger partial charge in [0.2, 0.25) is 0 Å². The molecule has 0 saturated carbocycles.